The van der Waals surface area contributed by atoms with Crippen molar-refractivity contribution in [1.29, 1.82) is 5.26 Å². The lowest BCUT2D eigenvalue weighted by Gasteiger charge is -2.03. The Labute approximate surface area is 106 Å². The Morgan fingerprint density at radius 2 is 2.18 bits per heavy atom. The lowest BCUT2D eigenvalue weighted by Crippen LogP contribution is -2.11. The van der Waals surface area contributed by atoms with Gasteiger partial charge in [-0.25, -0.2) is 8.42 Å². The Hall–Kier alpha value is -1.56. The maximum Gasteiger partial charge on any atom is 0.272 e. The molecule has 0 aromatic carbocycles. The minimum atomic E-state index is -3.65. The molecule has 5 nitrogen and oxygen atoms in total. The number of hydrogen-bond donors (Lipinski definition) is 2. The van der Waals surface area contributed by atoms with Gasteiger partial charge in [-0.15, -0.1) is 22.7 Å². The first-order chi connectivity index (χ1) is 8.03. The van der Waals surface area contributed by atoms with Crippen LogP contribution in [-0.2, 0) is 10.0 Å². The summed E-state index contributed by atoms with van der Waals surface area (Å²) in [7, 11) is -3.65. The molecule has 88 valence electrons. The van der Waals surface area contributed by atoms with E-state index in [1.807, 2.05) is 6.07 Å². The van der Waals surface area contributed by atoms with Crippen LogP contribution in [0.3, 0.4) is 0 Å². The minimum Gasteiger partial charge on any atom is -0.398 e. The highest BCUT2D eigenvalue weighted by Gasteiger charge is 2.18. The third kappa shape index (κ3) is 2.41. The van der Waals surface area contributed by atoms with E-state index in [-0.39, 0.29) is 4.21 Å². The summed E-state index contributed by atoms with van der Waals surface area (Å²) in [5.41, 5.74) is 6.19. The summed E-state index contributed by atoms with van der Waals surface area (Å²) >= 11 is 2.20. The summed E-state index contributed by atoms with van der Waals surface area (Å²) in [6.07, 6.45) is 0. The average Bonchev–Trinajstić information content (AvgIpc) is 2.86. The van der Waals surface area contributed by atoms with Gasteiger partial charge in [-0.1, -0.05) is 0 Å². The molecule has 2 aromatic rings. The van der Waals surface area contributed by atoms with Crippen molar-refractivity contribution in [3.8, 4) is 6.07 Å². The van der Waals surface area contributed by atoms with E-state index in [2.05, 4.69) is 4.72 Å². The second kappa shape index (κ2) is 4.37. The lowest BCUT2D eigenvalue weighted by atomic mass is 10.4. The molecule has 0 aliphatic rings. The Kier molecular flexibility index (Phi) is 3.06. The van der Waals surface area contributed by atoms with E-state index in [4.69, 9.17) is 11.0 Å². The molecule has 0 aliphatic heterocycles. The van der Waals surface area contributed by atoms with E-state index in [1.54, 1.807) is 16.8 Å². The van der Waals surface area contributed by atoms with Gasteiger partial charge in [0.05, 0.1) is 5.56 Å². The quantitative estimate of drug-likeness (QED) is 0.902. The SMILES string of the molecule is N#Cc1ccsc1NS(=O)(=O)c1cc(N)cs1. The number of nitrogens with one attached hydrogen (secondary N) is 1. The lowest BCUT2D eigenvalue weighted by molar-refractivity contribution is 0.603. The number of hydrogen-bond acceptors (Lipinski definition) is 6. The summed E-state index contributed by atoms with van der Waals surface area (Å²) in [6, 6.07) is 4.86. The van der Waals surface area contributed by atoms with Gasteiger partial charge in [-0.2, -0.15) is 5.26 Å². The fourth-order valence-electron chi connectivity index (χ4n) is 1.12. The number of rotatable bonds is 3. The van der Waals surface area contributed by atoms with Crippen LogP contribution in [0, 0.1) is 11.3 Å². The van der Waals surface area contributed by atoms with Gasteiger partial charge in [0.2, 0.25) is 0 Å². The Morgan fingerprint density at radius 1 is 1.41 bits per heavy atom. The van der Waals surface area contributed by atoms with Gasteiger partial charge in [-0.05, 0) is 17.5 Å². The molecule has 3 N–H and O–H groups in total. The first-order valence-electron chi connectivity index (χ1n) is 4.37. The molecule has 2 aromatic heterocycles. The van der Waals surface area contributed by atoms with Crippen molar-refractivity contribution in [2.75, 3.05) is 10.5 Å². The molecule has 0 saturated heterocycles. The molecule has 0 bridgehead atoms. The molecule has 17 heavy (non-hydrogen) atoms. The predicted octanol–water partition coefficient (Wildman–Crippen LogP) is 2.06. The maximum atomic E-state index is 11.9. The van der Waals surface area contributed by atoms with Crippen LogP contribution in [0.5, 0.6) is 0 Å². The number of nitrogen functional groups attached to an aromatic ring is 1. The van der Waals surface area contributed by atoms with Crippen LogP contribution in [0.15, 0.2) is 27.1 Å². The van der Waals surface area contributed by atoms with Gasteiger partial charge in [0.15, 0.2) is 0 Å². The first kappa shape index (κ1) is 11.9. The standard InChI is InChI=1S/C9H7N3O2S3/c10-4-6-1-2-15-9(6)12-17(13,14)8-3-7(11)5-16-8/h1-3,5,12H,11H2. The largest absolute Gasteiger partial charge is 0.398 e. The van der Waals surface area contributed by atoms with E-state index < -0.39 is 10.0 Å². The second-order valence-electron chi connectivity index (χ2n) is 3.08. The number of nitriles is 1. The number of anilines is 2. The third-order valence-corrected chi connectivity index (χ3v) is 5.64. The van der Waals surface area contributed by atoms with Gasteiger partial charge < -0.3 is 5.73 Å². The van der Waals surface area contributed by atoms with Crippen molar-refractivity contribution in [3.05, 3.63) is 28.5 Å². The van der Waals surface area contributed by atoms with Gasteiger partial charge in [0, 0.05) is 11.1 Å². The van der Waals surface area contributed by atoms with Crippen molar-refractivity contribution in [1.82, 2.24) is 0 Å². The van der Waals surface area contributed by atoms with Crippen LogP contribution in [0.4, 0.5) is 10.7 Å². The first-order valence-corrected chi connectivity index (χ1v) is 7.61. The highest BCUT2D eigenvalue weighted by molar-refractivity contribution is 7.94. The molecule has 0 unspecified atom stereocenters. The number of nitrogens with two attached hydrogens (primary N) is 1. The minimum absolute atomic E-state index is 0.132. The fraction of sp³-hybridized carbons (Fsp3) is 0. The molecular formula is C9H7N3O2S3. The average molecular weight is 285 g/mol. The zero-order chi connectivity index (χ0) is 12.5. The highest BCUT2D eigenvalue weighted by atomic mass is 32.2. The molecule has 0 atom stereocenters. The van der Waals surface area contributed by atoms with Crippen LogP contribution in [0.25, 0.3) is 0 Å². The summed E-state index contributed by atoms with van der Waals surface area (Å²) in [6.45, 7) is 0. The monoisotopic (exact) mass is 285 g/mol. The summed E-state index contributed by atoms with van der Waals surface area (Å²) in [5, 5.41) is 12.3. The van der Waals surface area contributed by atoms with E-state index in [0.29, 0.717) is 16.3 Å². The highest BCUT2D eigenvalue weighted by Crippen LogP contribution is 2.28. The van der Waals surface area contributed by atoms with Crippen LogP contribution >= 0.6 is 22.7 Å². The summed E-state index contributed by atoms with van der Waals surface area (Å²) in [4.78, 5) is 0. The molecule has 0 amide bonds. The van der Waals surface area contributed by atoms with Crippen LogP contribution in [0.1, 0.15) is 5.56 Å². The zero-order valence-electron chi connectivity index (χ0n) is 8.38. The van der Waals surface area contributed by atoms with Crippen LogP contribution in [-0.4, -0.2) is 8.42 Å². The Balaban J connectivity index is 2.34. The van der Waals surface area contributed by atoms with Crippen molar-refractivity contribution in [2.45, 2.75) is 4.21 Å². The van der Waals surface area contributed by atoms with Crippen molar-refractivity contribution in [2.24, 2.45) is 0 Å². The second-order valence-corrected chi connectivity index (χ2v) is 6.82. The summed E-state index contributed by atoms with van der Waals surface area (Å²) in [5.74, 6) is 0. The van der Waals surface area contributed by atoms with Crippen molar-refractivity contribution >= 4 is 43.4 Å². The summed E-state index contributed by atoms with van der Waals surface area (Å²) < 4.78 is 26.3. The third-order valence-electron chi connectivity index (χ3n) is 1.87. The molecule has 0 fully saturated rings. The molecule has 2 rings (SSSR count). The van der Waals surface area contributed by atoms with E-state index >= 15 is 0 Å². The number of thiophene rings is 2. The zero-order valence-corrected chi connectivity index (χ0v) is 10.8. The molecular weight excluding hydrogens is 278 g/mol. The van der Waals surface area contributed by atoms with E-state index in [9.17, 15) is 8.42 Å². The normalized spacial score (nSPS) is 11.0. The number of nitrogens with zero attached hydrogens (tertiary/aromatic N) is 1. The van der Waals surface area contributed by atoms with Crippen LogP contribution in [0.2, 0.25) is 0 Å². The predicted molar refractivity (Wildman–Crippen MR) is 68.6 cm³/mol. The molecule has 0 aliphatic carbocycles. The molecule has 2 heterocycles. The van der Waals surface area contributed by atoms with E-state index in [1.165, 1.54) is 6.07 Å². The molecule has 0 radical (unpaired) electrons. The van der Waals surface area contributed by atoms with Crippen LogP contribution < -0.4 is 10.5 Å². The molecule has 0 spiro atoms. The Bertz CT molecular complexity index is 678. The van der Waals surface area contributed by atoms with Gasteiger partial charge in [0.25, 0.3) is 10.0 Å². The van der Waals surface area contributed by atoms with Gasteiger partial charge in [-0.3, -0.25) is 4.72 Å². The van der Waals surface area contributed by atoms with Crippen molar-refractivity contribution in [3.63, 3.8) is 0 Å². The molecule has 8 heteroatoms. The van der Waals surface area contributed by atoms with Crippen molar-refractivity contribution < 1.29 is 8.42 Å². The smallest absolute Gasteiger partial charge is 0.272 e. The van der Waals surface area contributed by atoms with E-state index in [0.717, 1.165) is 22.7 Å². The van der Waals surface area contributed by atoms with Gasteiger partial charge in [0.1, 0.15) is 15.3 Å². The maximum absolute atomic E-state index is 11.9. The topological polar surface area (TPSA) is 96.0 Å². The van der Waals surface area contributed by atoms with Gasteiger partial charge >= 0.3 is 0 Å². The molecule has 0 saturated carbocycles. The Morgan fingerprint density at radius 3 is 2.76 bits per heavy atom. The fourth-order valence-corrected chi connectivity index (χ4v) is 4.27. The number of sulfonamides is 1.